The van der Waals surface area contributed by atoms with Crippen LogP contribution in [0.1, 0.15) is 84.8 Å². The molecular weight excluding hydrogens is 639 g/mol. The highest BCUT2D eigenvalue weighted by molar-refractivity contribution is 7.92. The lowest BCUT2D eigenvalue weighted by atomic mass is 10.1. The van der Waals surface area contributed by atoms with Gasteiger partial charge in [-0.2, -0.15) is 0 Å². The highest BCUT2D eigenvalue weighted by atomic mass is 32.2. The van der Waals surface area contributed by atoms with Crippen molar-refractivity contribution in [2.45, 2.75) is 66.0 Å². The molecule has 4 rings (SSSR count). The molecule has 1 unspecified atom stereocenters. The molecule has 0 radical (unpaired) electrons. The van der Waals surface area contributed by atoms with E-state index in [1.807, 2.05) is 62.4 Å². The first kappa shape index (κ1) is 39.2. The molecule has 1 aliphatic carbocycles. The van der Waals surface area contributed by atoms with Crippen LogP contribution in [0.3, 0.4) is 0 Å². The van der Waals surface area contributed by atoms with E-state index in [0.29, 0.717) is 30.8 Å². The minimum absolute atomic E-state index is 0.0391. The Bertz CT molecular complexity index is 1650. The Labute approximate surface area is 292 Å². The van der Waals surface area contributed by atoms with E-state index in [0.717, 1.165) is 29.0 Å². The first-order chi connectivity index (χ1) is 23.1. The molecule has 1 saturated carbocycles. The van der Waals surface area contributed by atoms with Crippen LogP contribution in [0, 0.1) is 18.3 Å². The van der Waals surface area contributed by atoms with Crippen LogP contribution < -0.4 is 25.6 Å². The minimum atomic E-state index is -3.64. The van der Waals surface area contributed by atoms with Gasteiger partial charge in [-0.1, -0.05) is 93.4 Å². The van der Waals surface area contributed by atoms with E-state index in [9.17, 15) is 22.8 Å². The molecule has 0 heterocycles. The molecule has 3 atom stereocenters. The van der Waals surface area contributed by atoms with Crippen LogP contribution in [-0.2, 0) is 14.8 Å². The fourth-order valence-electron chi connectivity index (χ4n) is 5.30. The summed E-state index contributed by atoms with van der Waals surface area (Å²) in [6, 6.07) is 23.4. The summed E-state index contributed by atoms with van der Waals surface area (Å²) < 4.78 is 25.5. The van der Waals surface area contributed by atoms with Gasteiger partial charge in [-0.15, -0.1) is 0 Å². The second-order valence-corrected chi connectivity index (χ2v) is 15.5. The topological polar surface area (TPSA) is 137 Å². The summed E-state index contributed by atoms with van der Waals surface area (Å²) in [4.78, 5) is 39.0. The van der Waals surface area contributed by atoms with Gasteiger partial charge in [-0.05, 0) is 61.8 Å². The molecule has 4 N–H and O–H groups in total. The molecule has 0 aromatic heterocycles. The molecule has 10 nitrogen and oxygen atoms in total. The van der Waals surface area contributed by atoms with Gasteiger partial charge in [0.2, 0.25) is 15.9 Å². The summed E-state index contributed by atoms with van der Waals surface area (Å²) in [5, 5.41) is 12.0. The van der Waals surface area contributed by atoms with E-state index in [4.69, 9.17) is 0 Å². The second kappa shape index (κ2) is 18.0. The molecular formula is C38H53N5O5S. The monoisotopic (exact) mass is 691 g/mol. The SMILES string of the molecule is CCC[C@H](NCCNC(=O)c1cc(C(=O)N[C@H](C)c2ccccc2)cc(N(C)S(C)(=O)=O)c1)C(=O)NCC1CC1(C)C.Cc1ccccc1. The maximum Gasteiger partial charge on any atom is 0.251 e. The lowest BCUT2D eigenvalue weighted by Crippen LogP contribution is -2.47. The first-order valence-electron chi connectivity index (χ1n) is 16.9. The van der Waals surface area contributed by atoms with E-state index in [2.05, 4.69) is 54.2 Å². The van der Waals surface area contributed by atoms with Crippen molar-refractivity contribution in [3.05, 3.63) is 101 Å². The number of carbonyl (C=O) groups is 3. The largest absolute Gasteiger partial charge is 0.354 e. The fraction of sp³-hybridized carbons (Fsp3) is 0.447. The number of carbonyl (C=O) groups excluding carboxylic acids is 3. The number of anilines is 1. The molecule has 3 amide bonds. The zero-order valence-corrected chi connectivity index (χ0v) is 30.7. The summed E-state index contributed by atoms with van der Waals surface area (Å²) >= 11 is 0. The van der Waals surface area contributed by atoms with Gasteiger partial charge < -0.3 is 21.3 Å². The average Bonchev–Trinajstić information content (AvgIpc) is 3.70. The zero-order valence-electron chi connectivity index (χ0n) is 29.9. The van der Waals surface area contributed by atoms with Crippen molar-refractivity contribution >= 4 is 33.4 Å². The highest BCUT2D eigenvalue weighted by Crippen LogP contribution is 2.50. The average molecular weight is 692 g/mol. The van der Waals surface area contributed by atoms with Crippen LogP contribution in [0.25, 0.3) is 0 Å². The molecule has 1 aliphatic rings. The van der Waals surface area contributed by atoms with Crippen LogP contribution in [-0.4, -0.2) is 65.1 Å². The third-order valence-electron chi connectivity index (χ3n) is 8.83. The number of amides is 3. The predicted molar refractivity (Wildman–Crippen MR) is 197 cm³/mol. The maximum absolute atomic E-state index is 13.2. The number of rotatable bonds is 15. The van der Waals surface area contributed by atoms with Gasteiger partial charge in [0.15, 0.2) is 0 Å². The predicted octanol–water partition coefficient (Wildman–Crippen LogP) is 5.22. The van der Waals surface area contributed by atoms with Crippen molar-refractivity contribution in [1.29, 1.82) is 0 Å². The van der Waals surface area contributed by atoms with Gasteiger partial charge in [0, 0.05) is 37.8 Å². The van der Waals surface area contributed by atoms with Gasteiger partial charge in [-0.3, -0.25) is 18.7 Å². The Hall–Kier alpha value is -4.22. The molecule has 0 saturated heterocycles. The van der Waals surface area contributed by atoms with Crippen molar-refractivity contribution in [3.63, 3.8) is 0 Å². The van der Waals surface area contributed by atoms with E-state index in [1.165, 1.54) is 30.8 Å². The molecule has 49 heavy (non-hydrogen) atoms. The quantitative estimate of drug-likeness (QED) is 0.162. The number of aryl methyl sites for hydroxylation is 1. The number of hydrogen-bond acceptors (Lipinski definition) is 6. The number of nitrogens with zero attached hydrogens (tertiary/aromatic N) is 1. The van der Waals surface area contributed by atoms with E-state index < -0.39 is 21.8 Å². The van der Waals surface area contributed by atoms with Gasteiger partial charge in [0.25, 0.3) is 11.8 Å². The Morgan fingerprint density at radius 1 is 0.898 bits per heavy atom. The van der Waals surface area contributed by atoms with Gasteiger partial charge in [0.1, 0.15) is 0 Å². The standard InChI is InChI=1S/C31H45N5O5S.C7H8/c1-7-11-27(30(39)34-20-25-19-31(25,3)4)32-14-15-33-28(37)23-16-24(18-26(17-23)36(5)42(6,40)41)29(38)35-21(2)22-12-9-8-10-13-22;1-7-5-3-2-4-6-7/h8-10,12-13,16-18,21,25,27,32H,7,11,14-15,19-20H2,1-6H3,(H,33,37)(H,34,39)(H,35,38);2-6H,1H3/t21-,25?,27+;/m1./s1. The Morgan fingerprint density at radius 2 is 1.47 bits per heavy atom. The minimum Gasteiger partial charge on any atom is -0.354 e. The Morgan fingerprint density at radius 3 is 1.98 bits per heavy atom. The van der Waals surface area contributed by atoms with E-state index >= 15 is 0 Å². The van der Waals surface area contributed by atoms with Crippen molar-refractivity contribution in [2.75, 3.05) is 37.2 Å². The molecule has 11 heteroatoms. The molecule has 0 spiro atoms. The summed E-state index contributed by atoms with van der Waals surface area (Å²) in [7, 11) is -2.27. The number of nitrogens with one attached hydrogen (secondary N) is 4. The zero-order chi connectivity index (χ0) is 36.2. The van der Waals surface area contributed by atoms with Gasteiger partial charge in [0.05, 0.1) is 24.0 Å². The molecule has 3 aromatic rings. The molecule has 3 aromatic carbocycles. The molecule has 266 valence electrons. The van der Waals surface area contributed by atoms with Crippen molar-refractivity contribution in [2.24, 2.45) is 11.3 Å². The smallest absolute Gasteiger partial charge is 0.251 e. The van der Waals surface area contributed by atoms with E-state index in [-0.39, 0.29) is 41.3 Å². The lowest BCUT2D eigenvalue weighted by molar-refractivity contribution is -0.123. The number of sulfonamides is 1. The Kier molecular flexibility index (Phi) is 14.4. The van der Waals surface area contributed by atoms with Crippen LogP contribution in [0.2, 0.25) is 0 Å². The Balaban J connectivity index is 0.000000823. The van der Waals surface area contributed by atoms with Crippen LogP contribution in [0.4, 0.5) is 5.69 Å². The lowest BCUT2D eigenvalue weighted by Gasteiger charge is -2.20. The van der Waals surface area contributed by atoms with Crippen molar-refractivity contribution in [1.82, 2.24) is 21.3 Å². The molecule has 0 aliphatic heterocycles. The normalized spacial score (nSPS) is 15.9. The van der Waals surface area contributed by atoms with Crippen LogP contribution >= 0.6 is 0 Å². The first-order valence-corrected chi connectivity index (χ1v) is 18.7. The summed E-state index contributed by atoms with van der Waals surface area (Å²) in [5.74, 6) is -0.427. The molecule has 1 fully saturated rings. The summed E-state index contributed by atoms with van der Waals surface area (Å²) in [6.07, 6.45) is 3.67. The third-order valence-corrected chi connectivity index (χ3v) is 10.0. The maximum atomic E-state index is 13.2. The molecule has 0 bridgehead atoms. The van der Waals surface area contributed by atoms with Crippen molar-refractivity contribution < 1.29 is 22.8 Å². The van der Waals surface area contributed by atoms with E-state index in [1.54, 1.807) is 0 Å². The van der Waals surface area contributed by atoms with Gasteiger partial charge in [-0.25, -0.2) is 8.42 Å². The number of hydrogen-bond donors (Lipinski definition) is 4. The number of benzene rings is 3. The van der Waals surface area contributed by atoms with Gasteiger partial charge >= 0.3 is 0 Å². The summed E-state index contributed by atoms with van der Waals surface area (Å²) in [6.45, 7) is 11.6. The fourth-order valence-corrected chi connectivity index (χ4v) is 5.79. The highest BCUT2D eigenvalue weighted by Gasteiger charge is 2.45. The summed E-state index contributed by atoms with van der Waals surface area (Å²) in [5.41, 5.74) is 3.02. The van der Waals surface area contributed by atoms with Crippen molar-refractivity contribution in [3.8, 4) is 0 Å². The second-order valence-electron chi connectivity index (χ2n) is 13.4. The van der Waals surface area contributed by atoms with Crippen LogP contribution in [0.5, 0.6) is 0 Å². The third kappa shape index (κ3) is 12.6. The van der Waals surface area contributed by atoms with Crippen LogP contribution in [0.15, 0.2) is 78.9 Å².